The minimum Gasteiger partial charge on any atom is -0.495 e. The number of nitrogens with one attached hydrogen (secondary N) is 1. The quantitative estimate of drug-likeness (QED) is 0.825. The summed E-state index contributed by atoms with van der Waals surface area (Å²) in [5, 5.41) is 0. The lowest BCUT2D eigenvalue weighted by Gasteiger charge is -2.18. The number of sulfonamides is 1. The fourth-order valence-corrected chi connectivity index (χ4v) is 4.38. The predicted octanol–water partition coefficient (Wildman–Crippen LogP) is 4.11. The van der Waals surface area contributed by atoms with Gasteiger partial charge in [0, 0.05) is 10.5 Å². The Balaban J connectivity index is 2.38. The van der Waals surface area contributed by atoms with Crippen molar-refractivity contribution in [2.24, 2.45) is 0 Å². The minimum absolute atomic E-state index is 0.117. The molecular weight excluding hydrogens is 378 g/mol. The lowest BCUT2D eigenvalue weighted by atomic mass is 10.0. The largest absolute Gasteiger partial charge is 0.495 e. The second-order valence-electron chi connectivity index (χ2n) is 5.50. The van der Waals surface area contributed by atoms with Crippen LogP contribution in [0.2, 0.25) is 0 Å². The Morgan fingerprint density at radius 3 is 2.48 bits per heavy atom. The fourth-order valence-electron chi connectivity index (χ4n) is 2.45. The molecule has 1 N–H and O–H groups in total. The van der Waals surface area contributed by atoms with E-state index in [4.69, 9.17) is 4.74 Å². The van der Waals surface area contributed by atoms with Crippen molar-refractivity contribution < 1.29 is 13.2 Å². The van der Waals surface area contributed by atoms with E-state index in [1.807, 2.05) is 39.0 Å². The highest BCUT2D eigenvalue weighted by Crippen LogP contribution is 2.29. The minimum atomic E-state index is -3.71. The first kappa shape index (κ1) is 18.0. The molecule has 1 unspecified atom stereocenters. The van der Waals surface area contributed by atoms with Gasteiger partial charge in [0.25, 0.3) is 0 Å². The van der Waals surface area contributed by atoms with E-state index in [1.165, 1.54) is 13.2 Å². The predicted molar refractivity (Wildman–Crippen MR) is 95.3 cm³/mol. The van der Waals surface area contributed by atoms with Gasteiger partial charge in [-0.05, 0) is 50.1 Å². The molecule has 6 heteroatoms. The molecule has 2 aromatic rings. The van der Waals surface area contributed by atoms with E-state index in [1.54, 1.807) is 12.1 Å². The van der Waals surface area contributed by atoms with Crippen LogP contribution < -0.4 is 9.46 Å². The van der Waals surface area contributed by atoms with Crippen LogP contribution in [-0.2, 0) is 10.0 Å². The summed E-state index contributed by atoms with van der Waals surface area (Å²) in [5.74, 6) is 0.314. The van der Waals surface area contributed by atoms with E-state index in [-0.39, 0.29) is 10.9 Å². The highest BCUT2D eigenvalue weighted by atomic mass is 79.9. The van der Waals surface area contributed by atoms with Crippen molar-refractivity contribution >= 4 is 26.0 Å². The van der Waals surface area contributed by atoms with Gasteiger partial charge in [0.05, 0.1) is 7.11 Å². The van der Waals surface area contributed by atoms with E-state index in [0.29, 0.717) is 10.2 Å². The number of hydrogen-bond acceptors (Lipinski definition) is 3. The van der Waals surface area contributed by atoms with Crippen LogP contribution in [0, 0.1) is 13.8 Å². The van der Waals surface area contributed by atoms with Gasteiger partial charge in [-0.3, -0.25) is 0 Å². The molecule has 0 aliphatic heterocycles. The number of ether oxygens (including phenoxy) is 1. The van der Waals surface area contributed by atoms with Crippen molar-refractivity contribution in [2.75, 3.05) is 7.11 Å². The number of aryl methyl sites for hydroxylation is 2. The first-order chi connectivity index (χ1) is 10.7. The van der Waals surface area contributed by atoms with Gasteiger partial charge in [-0.1, -0.05) is 39.7 Å². The Kier molecular flexibility index (Phi) is 5.49. The Morgan fingerprint density at radius 2 is 1.83 bits per heavy atom. The third kappa shape index (κ3) is 4.13. The zero-order chi connectivity index (χ0) is 17.2. The van der Waals surface area contributed by atoms with Crippen molar-refractivity contribution in [3.63, 3.8) is 0 Å². The third-order valence-corrected chi connectivity index (χ3v) is 5.70. The molecule has 0 amide bonds. The fraction of sp³-hybridized carbons (Fsp3) is 0.294. The van der Waals surface area contributed by atoms with Crippen molar-refractivity contribution in [2.45, 2.75) is 31.7 Å². The molecule has 0 aliphatic carbocycles. The first-order valence-electron chi connectivity index (χ1n) is 7.17. The van der Waals surface area contributed by atoms with E-state index in [9.17, 15) is 8.42 Å². The highest BCUT2D eigenvalue weighted by molar-refractivity contribution is 9.10. The van der Waals surface area contributed by atoms with Crippen LogP contribution in [0.5, 0.6) is 5.75 Å². The van der Waals surface area contributed by atoms with Gasteiger partial charge in [-0.25, -0.2) is 13.1 Å². The second-order valence-corrected chi connectivity index (χ2v) is 8.10. The van der Waals surface area contributed by atoms with Crippen LogP contribution in [0.3, 0.4) is 0 Å². The van der Waals surface area contributed by atoms with Gasteiger partial charge in [0.2, 0.25) is 10.0 Å². The molecule has 2 rings (SSSR count). The van der Waals surface area contributed by atoms with E-state index in [2.05, 4.69) is 20.7 Å². The molecule has 0 saturated carbocycles. The number of halogens is 1. The zero-order valence-corrected chi connectivity index (χ0v) is 16.0. The van der Waals surface area contributed by atoms with Gasteiger partial charge >= 0.3 is 0 Å². The maximum absolute atomic E-state index is 12.7. The molecule has 1 atom stereocenters. The molecule has 124 valence electrons. The summed E-state index contributed by atoms with van der Waals surface area (Å²) in [6, 6.07) is 10.6. The topological polar surface area (TPSA) is 55.4 Å². The molecule has 4 nitrogen and oxygen atoms in total. The number of methoxy groups -OCH3 is 1. The maximum Gasteiger partial charge on any atom is 0.244 e. The molecule has 0 bridgehead atoms. The average Bonchev–Trinajstić information content (AvgIpc) is 2.49. The van der Waals surface area contributed by atoms with Gasteiger partial charge < -0.3 is 4.74 Å². The van der Waals surface area contributed by atoms with Gasteiger partial charge in [0.1, 0.15) is 10.6 Å². The summed E-state index contributed by atoms with van der Waals surface area (Å²) in [6.45, 7) is 5.80. The Morgan fingerprint density at radius 1 is 1.13 bits per heavy atom. The maximum atomic E-state index is 12.7. The Labute approximate surface area is 146 Å². The van der Waals surface area contributed by atoms with Crippen LogP contribution in [0.1, 0.15) is 29.7 Å². The average molecular weight is 398 g/mol. The van der Waals surface area contributed by atoms with Gasteiger partial charge in [-0.15, -0.1) is 0 Å². The molecule has 0 aromatic heterocycles. The van der Waals surface area contributed by atoms with Crippen molar-refractivity contribution in [1.29, 1.82) is 0 Å². The molecule has 23 heavy (non-hydrogen) atoms. The van der Waals surface area contributed by atoms with E-state index in [0.717, 1.165) is 16.7 Å². The molecule has 0 fully saturated rings. The lowest BCUT2D eigenvalue weighted by Crippen LogP contribution is -2.27. The molecular formula is C17H20BrNO3S. The second kappa shape index (κ2) is 7.03. The summed E-state index contributed by atoms with van der Waals surface area (Å²) in [4.78, 5) is 0.117. The molecule has 0 saturated heterocycles. The summed E-state index contributed by atoms with van der Waals surface area (Å²) in [5.41, 5.74) is 3.10. The Hall–Kier alpha value is -1.37. The molecule has 0 spiro atoms. The van der Waals surface area contributed by atoms with Crippen LogP contribution in [0.15, 0.2) is 45.8 Å². The smallest absolute Gasteiger partial charge is 0.244 e. The summed E-state index contributed by atoms with van der Waals surface area (Å²) in [6.07, 6.45) is 0. The zero-order valence-electron chi connectivity index (χ0n) is 13.6. The molecule has 0 radical (unpaired) electrons. The molecule has 0 heterocycles. The van der Waals surface area contributed by atoms with Crippen molar-refractivity contribution in [3.05, 3.63) is 57.6 Å². The van der Waals surface area contributed by atoms with Crippen LogP contribution in [0.25, 0.3) is 0 Å². The van der Waals surface area contributed by atoms with Gasteiger partial charge in [0.15, 0.2) is 0 Å². The summed E-state index contributed by atoms with van der Waals surface area (Å²) in [7, 11) is -2.25. The Bertz CT molecular complexity index is 819. The van der Waals surface area contributed by atoms with Crippen LogP contribution in [0.4, 0.5) is 0 Å². The lowest BCUT2D eigenvalue weighted by molar-refractivity contribution is 0.402. The highest BCUT2D eigenvalue weighted by Gasteiger charge is 2.23. The number of benzene rings is 2. The van der Waals surface area contributed by atoms with E-state index >= 15 is 0 Å². The molecule has 0 aliphatic rings. The summed E-state index contributed by atoms with van der Waals surface area (Å²) >= 11 is 3.30. The van der Waals surface area contributed by atoms with Crippen molar-refractivity contribution in [3.8, 4) is 5.75 Å². The normalized spacial score (nSPS) is 12.9. The SMILES string of the molecule is COc1ccc(Br)cc1S(=O)(=O)NC(C)c1cc(C)ccc1C. The number of rotatable bonds is 5. The summed E-state index contributed by atoms with van der Waals surface area (Å²) < 4.78 is 34.1. The molecule has 2 aromatic carbocycles. The number of hydrogen-bond donors (Lipinski definition) is 1. The van der Waals surface area contributed by atoms with E-state index < -0.39 is 10.0 Å². The van der Waals surface area contributed by atoms with Crippen LogP contribution >= 0.6 is 15.9 Å². The third-order valence-electron chi connectivity index (χ3n) is 3.65. The monoisotopic (exact) mass is 397 g/mol. The first-order valence-corrected chi connectivity index (χ1v) is 9.45. The van der Waals surface area contributed by atoms with Crippen LogP contribution in [-0.4, -0.2) is 15.5 Å². The van der Waals surface area contributed by atoms with Gasteiger partial charge in [-0.2, -0.15) is 0 Å². The standard InChI is InChI=1S/C17H20BrNO3S/c1-11-5-6-12(2)15(9-11)13(3)19-23(20,21)17-10-14(18)7-8-16(17)22-4/h5-10,13,19H,1-4H3. The van der Waals surface area contributed by atoms with Crippen molar-refractivity contribution in [1.82, 2.24) is 4.72 Å².